The van der Waals surface area contributed by atoms with Crippen molar-refractivity contribution < 1.29 is 27.8 Å². The molecule has 0 bridgehead atoms. The van der Waals surface area contributed by atoms with Gasteiger partial charge in [-0.05, 0) is 30.3 Å². The fourth-order valence-electron chi connectivity index (χ4n) is 3.08. The molecular weight excluding hydrogens is 434 g/mol. The van der Waals surface area contributed by atoms with Crippen molar-refractivity contribution in [1.29, 1.82) is 0 Å². The number of carbonyl (C=O) groups excluding carboxylic acids is 2. The number of hydrogen-bond donors (Lipinski definition) is 3. The molecule has 4 aromatic rings. The maximum atomic E-state index is 12.6. The van der Waals surface area contributed by atoms with Gasteiger partial charge >= 0.3 is 12.6 Å². The predicted molar refractivity (Wildman–Crippen MR) is 116 cm³/mol. The van der Waals surface area contributed by atoms with Crippen LogP contribution in [0.15, 0.2) is 72.8 Å². The maximum absolute atomic E-state index is 12.6. The normalized spacial score (nSPS) is 10.8. The first kappa shape index (κ1) is 21.8. The third-order valence-electron chi connectivity index (χ3n) is 4.61. The van der Waals surface area contributed by atoms with Crippen LogP contribution >= 0.6 is 0 Å². The minimum absolute atomic E-state index is 0.0116. The molecule has 0 aliphatic rings. The molecular formula is C23H18F2N4O4. The third-order valence-corrected chi connectivity index (χ3v) is 4.61. The summed E-state index contributed by atoms with van der Waals surface area (Å²) in [7, 11) is 0. The predicted octanol–water partition coefficient (Wildman–Crippen LogP) is 4.71. The van der Waals surface area contributed by atoms with Gasteiger partial charge in [-0.15, -0.1) is 0 Å². The van der Waals surface area contributed by atoms with Gasteiger partial charge in [0.15, 0.2) is 5.82 Å². The van der Waals surface area contributed by atoms with Gasteiger partial charge in [0.25, 0.3) is 5.91 Å². The van der Waals surface area contributed by atoms with Crippen LogP contribution in [0.3, 0.4) is 0 Å². The van der Waals surface area contributed by atoms with E-state index in [4.69, 9.17) is 4.74 Å². The number of amides is 3. The molecule has 4 rings (SSSR count). The highest BCUT2D eigenvalue weighted by molar-refractivity contribution is 6.09. The van der Waals surface area contributed by atoms with Crippen LogP contribution in [-0.2, 0) is 6.61 Å². The lowest BCUT2D eigenvalue weighted by atomic mass is 10.2. The number of aromatic amines is 1. The highest BCUT2D eigenvalue weighted by Gasteiger charge is 2.14. The average molecular weight is 452 g/mol. The molecule has 3 aromatic carbocycles. The Kier molecular flexibility index (Phi) is 6.44. The number of fused-ring (bicyclic) bond motifs is 1. The van der Waals surface area contributed by atoms with Crippen LogP contribution in [0.1, 0.15) is 15.9 Å². The van der Waals surface area contributed by atoms with Gasteiger partial charge in [-0.3, -0.25) is 20.5 Å². The number of H-pyrrole nitrogens is 1. The first-order chi connectivity index (χ1) is 16.0. The Morgan fingerprint density at radius 3 is 2.55 bits per heavy atom. The Balaban J connectivity index is 1.40. The summed E-state index contributed by atoms with van der Waals surface area (Å²) in [6, 6.07) is 18.9. The number of anilines is 1. The topological polar surface area (TPSA) is 105 Å². The van der Waals surface area contributed by atoms with Crippen molar-refractivity contribution in [1.82, 2.24) is 15.5 Å². The fourth-order valence-corrected chi connectivity index (χ4v) is 3.08. The molecule has 8 nitrogen and oxygen atoms in total. The number of para-hydroxylation sites is 1. The lowest BCUT2D eigenvalue weighted by Crippen LogP contribution is -2.34. The van der Waals surface area contributed by atoms with Gasteiger partial charge in [-0.2, -0.15) is 13.9 Å². The fraction of sp³-hybridized carbons (Fsp3) is 0.0870. The number of benzene rings is 3. The van der Waals surface area contributed by atoms with E-state index < -0.39 is 18.5 Å². The zero-order valence-corrected chi connectivity index (χ0v) is 17.0. The Bertz CT molecular complexity index is 1280. The zero-order chi connectivity index (χ0) is 23.2. The number of nitrogens with zero attached hydrogens (tertiary/aromatic N) is 1. The molecule has 0 unspecified atom stereocenters. The third kappa shape index (κ3) is 5.42. The van der Waals surface area contributed by atoms with Gasteiger partial charge in [0.05, 0.1) is 5.52 Å². The number of hydrogen-bond acceptors (Lipinski definition) is 5. The summed E-state index contributed by atoms with van der Waals surface area (Å²) in [5, 5.41) is 12.2. The van der Waals surface area contributed by atoms with Crippen molar-refractivity contribution in [2.75, 3.05) is 5.32 Å². The van der Waals surface area contributed by atoms with Crippen LogP contribution in [-0.4, -0.2) is 28.7 Å². The minimum Gasteiger partial charge on any atom is -0.489 e. The summed E-state index contributed by atoms with van der Waals surface area (Å²) >= 11 is 0. The molecule has 0 spiro atoms. The largest absolute Gasteiger partial charge is 0.489 e. The molecule has 3 amide bonds. The van der Waals surface area contributed by atoms with Crippen molar-refractivity contribution in [3.8, 4) is 11.5 Å². The van der Waals surface area contributed by atoms with Gasteiger partial charge in [0.1, 0.15) is 18.1 Å². The van der Waals surface area contributed by atoms with E-state index in [9.17, 15) is 18.4 Å². The molecule has 0 aliphatic carbocycles. The highest BCUT2D eigenvalue weighted by Crippen LogP contribution is 2.27. The molecule has 1 aromatic heterocycles. The summed E-state index contributed by atoms with van der Waals surface area (Å²) in [6.07, 6.45) is 0. The SMILES string of the molecule is O=C(NC(=O)c1ccccc1)Nc1n[nH]c2cc(OCc3ccccc3OC(F)F)ccc12. The van der Waals surface area contributed by atoms with Crippen molar-refractivity contribution in [2.24, 2.45) is 0 Å². The van der Waals surface area contributed by atoms with Crippen LogP contribution in [0, 0.1) is 0 Å². The van der Waals surface area contributed by atoms with E-state index in [0.29, 0.717) is 27.8 Å². The second kappa shape index (κ2) is 9.77. The Labute approximate surface area is 186 Å². The number of imide groups is 1. The molecule has 10 heteroatoms. The van der Waals surface area contributed by atoms with Gasteiger partial charge in [-0.25, -0.2) is 4.79 Å². The molecule has 0 saturated heterocycles. The number of alkyl halides is 2. The Morgan fingerprint density at radius 1 is 1.00 bits per heavy atom. The lowest BCUT2D eigenvalue weighted by molar-refractivity contribution is -0.0508. The van der Waals surface area contributed by atoms with E-state index in [0.717, 1.165) is 0 Å². The number of ether oxygens (including phenoxy) is 2. The number of aromatic nitrogens is 2. The van der Waals surface area contributed by atoms with Gasteiger partial charge < -0.3 is 9.47 Å². The van der Waals surface area contributed by atoms with E-state index >= 15 is 0 Å². The van der Waals surface area contributed by atoms with Crippen LogP contribution < -0.4 is 20.1 Å². The minimum atomic E-state index is -2.93. The molecule has 0 saturated carbocycles. The number of nitrogens with one attached hydrogen (secondary N) is 3. The molecule has 168 valence electrons. The Hall–Kier alpha value is -4.47. The monoisotopic (exact) mass is 452 g/mol. The van der Waals surface area contributed by atoms with Crippen molar-refractivity contribution in [3.05, 3.63) is 83.9 Å². The van der Waals surface area contributed by atoms with Crippen LogP contribution in [0.5, 0.6) is 11.5 Å². The van der Waals surface area contributed by atoms with Gasteiger partial charge in [0.2, 0.25) is 0 Å². The molecule has 1 heterocycles. The summed E-state index contributed by atoms with van der Waals surface area (Å²) in [4.78, 5) is 24.3. The zero-order valence-electron chi connectivity index (χ0n) is 17.0. The molecule has 0 aliphatic heterocycles. The summed E-state index contributed by atoms with van der Waals surface area (Å²) in [5.74, 6) is 0.177. The molecule has 0 fully saturated rings. The standard InChI is InChI=1S/C23H18F2N4O4/c24-22(25)33-19-9-5-4-8-15(19)13-32-16-10-11-17-18(12-16)28-29-20(17)26-23(31)27-21(30)14-6-2-1-3-7-14/h1-12,22H,13H2,(H3,26,27,28,29,30,31). The highest BCUT2D eigenvalue weighted by atomic mass is 19.3. The van der Waals surface area contributed by atoms with Crippen molar-refractivity contribution in [3.63, 3.8) is 0 Å². The van der Waals surface area contributed by atoms with Crippen LogP contribution in [0.2, 0.25) is 0 Å². The van der Waals surface area contributed by atoms with E-state index in [1.54, 1.807) is 66.7 Å². The van der Waals surface area contributed by atoms with Gasteiger partial charge in [0, 0.05) is 22.6 Å². The molecule has 3 N–H and O–H groups in total. The number of rotatable bonds is 7. The summed E-state index contributed by atoms with van der Waals surface area (Å²) in [6.45, 7) is -2.92. The maximum Gasteiger partial charge on any atom is 0.387 e. The van der Waals surface area contributed by atoms with E-state index in [2.05, 4.69) is 25.6 Å². The molecule has 0 atom stereocenters. The first-order valence-electron chi connectivity index (χ1n) is 9.80. The summed E-state index contributed by atoms with van der Waals surface area (Å²) < 4.78 is 35.3. The Morgan fingerprint density at radius 2 is 1.76 bits per heavy atom. The van der Waals surface area contributed by atoms with Crippen molar-refractivity contribution >= 4 is 28.7 Å². The lowest BCUT2D eigenvalue weighted by Gasteiger charge is -2.11. The van der Waals surface area contributed by atoms with Crippen LogP contribution in [0.25, 0.3) is 10.9 Å². The second-order valence-corrected chi connectivity index (χ2v) is 6.83. The quantitative estimate of drug-likeness (QED) is 0.377. The van der Waals surface area contributed by atoms with E-state index in [-0.39, 0.29) is 18.2 Å². The van der Waals surface area contributed by atoms with E-state index in [1.165, 1.54) is 6.07 Å². The molecule has 0 radical (unpaired) electrons. The molecule has 33 heavy (non-hydrogen) atoms. The first-order valence-corrected chi connectivity index (χ1v) is 9.80. The van der Waals surface area contributed by atoms with E-state index in [1.807, 2.05) is 0 Å². The summed E-state index contributed by atoms with van der Waals surface area (Å²) in [5.41, 5.74) is 1.38. The number of carbonyl (C=O) groups is 2. The van der Waals surface area contributed by atoms with Crippen molar-refractivity contribution in [2.45, 2.75) is 13.2 Å². The van der Waals surface area contributed by atoms with Crippen LogP contribution in [0.4, 0.5) is 19.4 Å². The number of urea groups is 1. The smallest absolute Gasteiger partial charge is 0.387 e. The van der Waals surface area contributed by atoms with Gasteiger partial charge in [-0.1, -0.05) is 36.4 Å². The average Bonchev–Trinajstić information content (AvgIpc) is 3.20. The second-order valence-electron chi connectivity index (χ2n) is 6.83. The number of halogens is 2.